The summed E-state index contributed by atoms with van der Waals surface area (Å²) < 4.78 is 5.21. The van der Waals surface area contributed by atoms with Gasteiger partial charge in [-0.1, -0.05) is 0 Å². The molecule has 0 radical (unpaired) electrons. The maximum Gasteiger partial charge on any atom is 0.311 e. The maximum atomic E-state index is 11.5. The Hall–Kier alpha value is -2.13. The van der Waals surface area contributed by atoms with Gasteiger partial charge < -0.3 is 15.2 Å². The lowest BCUT2D eigenvalue weighted by atomic mass is 9.80. The van der Waals surface area contributed by atoms with Gasteiger partial charge in [0.2, 0.25) is 0 Å². The van der Waals surface area contributed by atoms with Crippen molar-refractivity contribution in [1.82, 2.24) is 4.98 Å². The first-order valence-electron chi connectivity index (χ1n) is 6.07. The van der Waals surface area contributed by atoms with Crippen LogP contribution in [-0.2, 0) is 9.53 Å². The first-order chi connectivity index (χ1) is 9.16. The average molecular weight is 261 g/mol. The minimum absolute atomic E-state index is 0.285. The van der Waals surface area contributed by atoms with Crippen molar-refractivity contribution in [3.05, 3.63) is 23.9 Å². The van der Waals surface area contributed by atoms with E-state index in [4.69, 9.17) is 10.00 Å². The number of ether oxygens (including phenoxy) is 1. The zero-order valence-electron chi connectivity index (χ0n) is 10.4. The van der Waals surface area contributed by atoms with Gasteiger partial charge in [0.15, 0.2) is 0 Å². The SMILES string of the molecule is N#Cc1ccnc(NCC2(C(=O)O)CCOCC2)c1. The smallest absolute Gasteiger partial charge is 0.311 e. The second-order valence-corrected chi connectivity index (χ2v) is 4.59. The highest BCUT2D eigenvalue weighted by atomic mass is 16.5. The minimum Gasteiger partial charge on any atom is -0.481 e. The van der Waals surface area contributed by atoms with E-state index < -0.39 is 11.4 Å². The lowest BCUT2D eigenvalue weighted by Crippen LogP contribution is -2.42. The highest BCUT2D eigenvalue weighted by Crippen LogP contribution is 2.31. The van der Waals surface area contributed by atoms with E-state index in [1.165, 1.54) is 6.20 Å². The van der Waals surface area contributed by atoms with Crippen LogP contribution in [0.3, 0.4) is 0 Å². The van der Waals surface area contributed by atoms with Gasteiger partial charge in [0, 0.05) is 26.0 Å². The van der Waals surface area contributed by atoms with Gasteiger partial charge in [-0.05, 0) is 25.0 Å². The van der Waals surface area contributed by atoms with Gasteiger partial charge >= 0.3 is 5.97 Å². The number of hydrogen-bond acceptors (Lipinski definition) is 5. The molecule has 1 fully saturated rings. The van der Waals surface area contributed by atoms with Crippen molar-refractivity contribution in [2.75, 3.05) is 25.1 Å². The third kappa shape index (κ3) is 3.01. The molecule has 0 unspecified atom stereocenters. The molecule has 2 rings (SSSR count). The van der Waals surface area contributed by atoms with Crippen LogP contribution in [0.1, 0.15) is 18.4 Å². The minimum atomic E-state index is -0.820. The van der Waals surface area contributed by atoms with Gasteiger partial charge in [-0.2, -0.15) is 5.26 Å². The fourth-order valence-corrected chi connectivity index (χ4v) is 2.08. The van der Waals surface area contributed by atoms with Gasteiger partial charge in [0.05, 0.1) is 17.0 Å². The van der Waals surface area contributed by atoms with Gasteiger partial charge in [0.25, 0.3) is 0 Å². The Labute approximate surface area is 111 Å². The van der Waals surface area contributed by atoms with Gasteiger partial charge in [-0.3, -0.25) is 4.79 Å². The normalized spacial score (nSPS) is 17.4. The third-order valence-corrected chi connectivity index (χ3v) is 3.40. The molecule has 0 amide bonds. The molecule has 0 aliphatic carbocycles. The van der Waals surface area contributed by atoms with Crippen LogP contribution in [0.5, 0.6) is 0 Å². The molecule has 0 aromatic carbocycles. The van der Waals surface area contributed by atoms with Crippen LogP contribution in [0.4, 0.5) is 5.82 Å². The number of nitrogens with one attached hydrogen (secondary N) is 1. The number of rotatable bonds is 4. The van der Waals surface area contributed by atoms with E-state index in [-0.39, 0.29) is 6.54 Å². The molecule has 1 aliphatic rings. The molecule has 0 atom stereocenters. The summed E-state index contributed by atoms with van der Waals surface area (Å²) in [5.74, 6) is -0.300. The first-order valence-corrected chi connectivity index (χ1v) is 6.07. The second-order valence-electron chi connectivity index (χ2n) is 4.59. The van der Waals surface area contributed by atoms with Crippen molar-refractivity contribution in [2.24, 2.45) is 5.41 Å². The van der Waals surface area contributed by atoms with Crippen molar-refractivity contribution >= 4 is 11.8 Å². The van der Waals surface area contributed by atoms with E-state index >= 15 is 0 Å². The molecule has 19 heavy (non-hydrogen) atoms. The molecule has 0 bridgehead atoms. The van der Waals surface area contributed by atoms with Crippen LogP contribution < -0.4 is 5.32 Å². The molecule has 6 nitrogen and oxygen atoms in total. The fraction of sp³-hybridized carbons (Fsp3) is 0.462. The number of nitriles is 1. The lowest BCUT2D eigenvalue weighted by Gasteiger charge is -2.33. The van der Waals surface area contributed by atoms with E-state index in [0.717, 1.165) is 0 Å². The molecular formula is C13H15N3O3. The van der Waals surface area contributed by atoms with Crippen molar-refractivity contribution in [2.45, 2.75) is 12.8 Å². The van der Waals surface area contributed by atoms with Gasteiger partial charge in [0.1, 0.15) is 5.82 Å². The van der Waals surface area contributed by atoms with E-state index in [1.54, 1.807) is 12.1 Å². The van der Waals surface area contributed by atoms with Crippen molar-refractivity contribution in [3.63, 3.8) is 0 Å². The van der Waals surface area contributed by atoms with E-state index in [0.29, 0.717) is 37.4 Å². The molecule has 1 aromatic heterocycles. The topological polar surface area (TPSA) is 95.2 Å². The summed E-state index contributed by atoms with van der Waals surface area (Å²) in [6, 6.07) is 5.23. The Balaban J connectivity index is 2.06. The van der Waals surface area contributed by atoms with Crippen LogP contribution in [0.15, 0.2) is 18.3 Å². The third-order valence-electron chi connectivity index (χ3n) is 3.40. The van der Waals surface area contributed by atoms with Crippen LogP contribution >= 0.6 is 0 Å². The number of hydrogen-bond donors (Lipinski definition) is 2. The van der Waals surface area contributed by atoms with Crippen molar-refractivity contribution in [3.8, 4) is 6.07 Å². The lowest BCUT2D eigenvalue weighted by molar-refractivity contribution is -0.153. The maximum absolute atomic E-state index is 11.5. The standard InChI is InChI=1S/C13H15N3O3/c14-8-10-1-4-15-11(7-10)16-9-13(12(17)18)2-5-19-6-3-13/h1,4,7H,2-3,5-6,9H2,(H,15,16)(H,17,18). The van der Waals surface area contributed by atoms with Gasteiger partial charge in [-0.25, -0.2) is 4.98 Å². The Morgan fingerprint density at radius 3 is 2.95 bits per heavy atom. The van der Waals surface area contributed by atoms with Crippen molar-refractivity contribution in [1.29, 1.82) is 5.26 Å². The highest BCUT2D eigenvalue weighted by Gasteiger charge is 2.40. The number of nitrogens with zero attached hydrogens (tertiary/aromatic N) is 2. The first kappa shape index (κ1) is 13.3. The van der Waals surface area contributed by atoms with Crippen LogP contribution in [-0.4, -0.2) is 35.8 Å². The highest BCUT2D eigenvalue weighted by molar-refractivity contribution is 5.75. The fourth-order valence-electron chi connectivity index (χ4n) is 2.08. The van der Waals surface area contributed by atoms with Gasteiger partial charge in [-0.15, -0.1) is 0 Å². The number of anilines is 1. The van der Waals surface area contributed by atoms with Crippen molar-refractivity contribution < 1.29 is 14.6 Å². The summed E-state index contributed by atoms with van der Waals surface area (Å²) in [5, 5.41) is 21.2. The quantitative estimate of drug-likeness (QED) is 0.846. The van der Waals surface area contributed by atoms with E-state index in [9.17, 15) is 9.90 Å². The molecule has 0 saturated carbocycles. The Kier molecular flexibility index (Phi) is 3.97. The number of carboxylic acids is 1. The summed E-state index contributed by atoms with van der Waals surface area (Å²) in [5.41, 5.74) is -0.323. The molecule has 6 heteroatoms. The average Bonchev–Trinajstić information content (AvgIpc) is 2.46. The van der Waals surface area contributed by atoms with E-state index in [1.807, 2.05) is 6.07 Å². The summed E-state index contributed by atoms with van der Waals surface area (Å²) in [7, 11) is 0. The van der Waals surface area contributed by atoms with E-state index in [2.05, 4.69) is 10.3 Å². The summed E-state index contributed by atoms with van der Waals surface area (Å²) in [6.45, 7) is 1.20. The summed E-state index contributed by atoms with van der Waals surface area (Å²) in [6.07, 6.45) is 2.48. The monoisotopic (exact) mass is 261 g/mol. The Bertz CT molecular complexity index is 504. The summed E-state index contributed by atoms with van der Waals surface area (Å²) >= 11 is 0. The Morgan fingerprint density at radius 1 is 1.58 bits per heavy atom. The zero-order chi connectivity index (χ0) is 13.7. The molecule has 100 valence electrons. The second kappa shape index (κ2) is 5.67. The molecule has 1 aliphatic heterocycles. The largest absolute Gasteiger partial charge is 0.481 e. The van der Waals surface area contributed by atoms with Crippen LogP contribution in [0, 0.1) is 16.7 Å². The number of aromatic nitrogens is 1. The zero-order valence-corrected chi connectivity index (χ0v) is 10.4. The number of carboxylic acid groups (broad SMARTS) is 1. The molecule has 1 aromatic rings. The predicted octanol–water partition coefficient (Wildman–Crippen LogP) is 1.25. The Morgan fingerprint density at radius 2 is 2.32 bits per heavy atom. The molecule has 2 heterocycles. The number of pyridine rings is 1. The number of aliphatic carboxylic acids is 1. The summed E-state index contributed by atoms with van der Waals surface area (Å²) in [4.78, 5) is 15.5. The number of carbonyl (C=O) groups is 1. The molecule has 0 spiro atoms. The molecular weight excluding hydrogens is 246 g/mol. The van der Waals surface area contributed by atoms with Crippen LogP contribution in [0.2, 0.25) is 0 Å². The molecule has 1 saturated heterocycles. The van der Waals surface area contributed by atoms with Crippen LogP contribution in [0.25, 0.3) is 0 Å². The predicted molar refractivity (Wildman–Crippen MR) is 67.6 cm³/mol. The molecule has 2 N–H and O–H groups in total.